The van der Waals surface area contributed by atoms with Crippen molar-refractivity contribution in [1.82, 2.24) is 4.90 Å². The number of hydrogen-bond acceptors (Lipinski definition) is 4. The molecular weight excluding hydrogens is 366 g/mol. The monoisotopic (exact) mass is 403 g/mol. The van der Waals surface area contributed by atoms with E-state index in [9.17, 15) is 14.7 Å². The molecule has 4 rings (SSSR count). The minimum atomic E-state index is -0.578. The van der Waals surface area contributed by atoms with Gasteiger partial charge in [0.05, 0.1) is 6.61 Å². The van der Waals surface area contributed by atoms with Crippen LogP contribution in [0.1, 0.15) is 73.1 Å². The molecule has 0 bridgehead atoms. The molecule has 4 aliphatic rings. The van der Waals surface area contributed by atoms with Crippen LogP contribution < -0.4 is 0 Å². The first-order valence-electron chi connectivity index (χ1n) is 11.4. The minimum Gasteiger partial charge on any atom is -0.443 e. The van der Waals surface area contributed by atoms with Gasteiger partial charge in [-0.2, -0.15) is 0 Å². The third-order valence-electron chi connectivity index (χ3n) is 8.49. The van der Waals surface area contributed by atoms with Gasteiger partial charge in [0, 0.05) is 29.7 Å². The number of amides is 1. The lowest BCUT2D eigenvalue weighted by Crippen LogP contribution is -2.59. The van der Waals surface area contributed by atoms with E-state index in [1.807, 2.05) is 20.8 Å². The SMILES string of the molecule is CC(C)(C)OC(=O)N1C[C@H]2[C@@H]3CCC[C@@]3(C)CC[C@@H]2[C@@]2(C)CC(CO)C(=O)C=C12. The molecule has 1 N–H and O–H groups in total. The molecule has 6 atom stereocenters. The number of ether oxygens (including phenoxy) is 1. The average Bonchev–Trinajstić information content (AvgIpc) is 3.01. The summed E-state index contributed by atoms with van der Waals surface area (Å²) in [6, 6.07) is 0. The Bertz CT molecular complexity index is 738. The fourth-order valence-electron chi connectivity index (χ4n) is 7.14. The first-order valence-corrected chi connectivity index (χ1v) is 11.4. The Kier molecular flexibility index (Phi) is 4.92. The van der Waals surface area contributed by atoms with E-state index in [2.05, 4.69) is 13.8 Å². The molecule has 0 aromatic rings. The zero-order valence-corrected chi connectivity index (χ0v) is 18.7. The summed E-state index contributed by atoms with van der Waals surface area (Å²) in [5.41, 5.74) is 0.347. The van der Waals surface area contributed by atoms with Gasteiger partial charge in [0.15, 0.2) is 5.78 Å². The van der Waals surface area contributed by atoms with Gasteiger partial charge >= 0.3 is 6.09 Å². The van der Waals surface area contributed by atoms with Crippen molar-refractivity contribution in [2.45, 2.75) is 78.7 Å². The molecule has 0 aromatic heterocycles. The summed E-state index contributed by atoms with van der Waals surface area (Å²) in [6.07, 6.45) is 8.08. The van der Waals surface area contributed by atoms with Crippen molar-refractivity contribution in [2.24, 2.45) is 34.5 Å². The quantitative estimate of drug-likeness (QED) is 0.698. The number of fused-ring (bicyclic) bond motifs is 5. The van der Waals surface area contributed by atoms with Crippen LogP contribution in [0.5, 0.6) is 0 Å². The predicted molar refractivity (Wildman–Crippen MR) is 111 cm³/mol. The molecule has 5 heteroatoms. The van der Waals surface area contributed by atoms with Gasteiger partial charge in [-0.05, 0) is 76.0 Å². The Morgan fingerprint density at radius 1 is 1.24 bits per heavy atom. The van der Waals surface area contributed by atoms with Gasteiger partial charge in [-0.25, -0.2) is 4.79 Å². The highest BCUT2D eigenvalue weighted by molar-refractivity contribution is 5.94. The summed E-state index contributed by atoms with van der Waals surface area (Å²) in [5, 5.41) is 9.83. The number of aliphatic hydroxyl groups excluding tert-OH is 1. The van der Waals surface area contributed by atoms with Crippen LogP contribution in [0.2, 0.25) is 0 Å². The Balaban J connectivity index is 1.76. The van der Waals surface area contributed by atoms with Gasteiger partial charge in [-0.3, -0.25) is 9.69 Å². The molecule has 162 valence electrons. The first kappa shape index (κ1) is 20.9. The molecule has 1 unspecified atom stereocenters. The van der Waals surface area contributed by atoms with Crippen molar-refractivity contribution in [1.29, 1.82) is 0 Å². The Labute approximate surface area is 174 Å². The highest BCUT2D eigenvalue weighted by Gasteiger charge is 2.60. The number of likely N-dealkylation sites (tertiary alicyclic amines) is 1. The summed E-state index contributed by atoms with van der Waals surface area (Å²) < 4.78 is 5.76. The number of carbonyl (C=O) groups excluding carboxylic acids is 2. The van der Waals surface area contributed by atoms with Gasteiger partial charge in [0.25, 0.3) is 0 Å². The van der Waals surface area contributed by atoms with E-state index >= 15 is 0 Å². The number of hydrogen-bond donors (Lipinski definition) is 1. The van der Waals surface area contributed by atoms with E-state index in [0.717, 1.165) is 12.1 Å². The van der Waals surface area contributed by atoms with Crippen molar-refractivity contribution >= 4 is 11.9 Å². The number of rotatable bonds is 1. The van der Waals surface area contributed by atoms with E-state index in [1.54, 1.807) is 11.0 Å². The standard InChI is InChI=1S/C24H37NO4/c1-22(2,3)29-21(28)25-13-16-17-7-6-9-23(17,4)10-8-18(16)24(5)12-15(14-26)19(27)11-20(24)25/h11,15-18,26H,6-10,12-14H2,1-5H3/t15?,16-,17-,18-,23-,24+/m0/s1. The van der Waals surface area contributed by atoms with Crippen LogP contribution in [0.3, 0.4) is 0 Å². The first-order chi connectivity index (χ1) is 13.5. The predicted octanol–water partition coefficient (Wildman–Crippen LogP) is 4.54. The van der Waals surface area contributed by atoms with E-state index in [1.165, 1.54) is 25.7 Å². The number of ketones is 1. The summed E-state index contributed by atoms with van der Waals surface area (Å²) in [4.78, 5) is 27.7. The minimum absolute atomic E-state index is 0.0616. The maximum Gasteiger partial charge on any atom is 0.414 e. The number of allylic oxidation sites excluding steroid dienone is 2. The van der Waals surface area contributed by atoms with Crippen LogP contribution in [-0.2, 0) is 9.53 Å². The molecule has 29 heavy (non-hydrogen) atoms. The maximum absolute atomic E-state index is 13.2. The average molecular weight is 404 g/mol. The highest BCUT2D eigenvalue weighted by Crippen LogP contribution is 2.64. The Morgan fingerprint density at radius 3 is 2.62 bits per heavy atom. The van der Waals surface area contributed by atoms with Crippen molar-refractivity contribution < 1.29 is 19.4 Å². The molecule has 0 aromatic carbocycles. The maximum atomic E-state index is 13.2. The summed E-state index contributed by atoms with van der Waals surface area (Å²) in [5.74, 6) is 1.08. The molecule has 1 saturated heterocycles. The zero-order chi connectivity index (χ0) is 21.2. The second-order valence-corrected chi connectivity index (χ2v) is 11.5. The lowest BCUT2D eigenvalue weighted by molar-refractivity contribution is -0.126. The van der Waals surface area contributed by atoms with Crippen LogP contribution in [0, 0.1) is 34.5 Å². The largest absolute Gasteiger partial charge is 0.443 e. The molecule has 1 amide bonds. The van der Waals surface area contributed by atoms with E-state index < -0.39 is 5.60 Å². The van der Waals surface area contributed by atoms with E-state index in [-0.39, 0.29) is 29.8 Å². The van der Waals surface area contributed by atoms with Gasteiger partial charge in [-0.15, -0.1) is 0 Å². The van der Waals surface area contributed by atoms with Crippen molar-refractivity contribution in [3.05, 3.63) is 11.8 Å². The van der Waals surface area contributed by atoms with Gasteiger partial charge in [-0.1, -0.05) is 20.3 Å². The fourth-order valence-corrected chi connectivity index (χ4v) is 7.14. The molecule has 0 radical (unpaired) electrons. The molecule has 2 saturated carbocycles. The normalized spacial score (nSPS) is 41.9. The lowest BCUT2D eigenvalue weighted by Gasteiger charge is -2.60. The smallest absolute Gasteiger partial charge is 0.414 e. The number of aliphatic hydroxyl groups is 1. The van der Waals surface area contributed by atoms with Crippen molar-refractivity contribution in [3.8, 4) is 0 Å². The van der Waals surface area contributed by atoms with Crippen LogP contribution in [0.25, 0.3) is 0 Å². The Hall–Kier alpha value is -1.36. The lowest BCUT2D eigenvalue weighted by atomic mass is 9.50. The van der Waals surface area contributed by atoms with Crippen molar-refractivity contribution in [2.75, 3.05) is 13.2 Å². The zero-order valence-electron chi connectivity index (χ0n) is 18.7. The van der Waals surface area contributed by atoms with Crippen LogP contribution >= 0.6 is 0 Å². The second-order valence-electron chi connectivity index (χ2n) is 11.5. The number of nitrogens with zero attached hydrogens (tertiary/aromatic N) is 1. The molecule has 1 heterocycles. The molecular formula is C24H37NO4. The molecule has 1 aliphatic heterocycles. The van der Waals surface area contributed by atoms with Crippen LogP contribution in [-0.4, -0.2) is 40.6 Å². The third-order valence-corrected chi connectivity index (χ3v) is 8.49. The number of carbonyl (C=O) groups is 2. The van der Waals surface area contributed by atoms with Crippen LogP contribution in [0.15, 0.2) is 11.8 Å². The topological polar surface area (TPSA) is 66.8 Å². The van der Waals surface area contributed by atoms with Gasteiger partial charge in [0.1, 0.15) is 5.60 Å². The fraction of sp³-hybridized carbons (Fsp3) is 0.833. The molecule has 0 spiro atoms. The Morgan fingerprint density at radius 2 is 1.97 bits per heavy atom. The number of piperidine rings is 1. The van der Waals surface area contributed by atoms with Gasteiger partial charge < -0.3 is 9.84 Å². The van der Waals surface area contributed by atoms with Gasteiger partial charge in [0.2, 0.25) is 0 Å². The summed E-state index contributed by atoms with van der Waals surface area (Å²) in [7, 11) is 0. The summed E-state index contributed by atoms with van der Waals surface area (Å²) in [6.45, 7) is 10.8. The third kappa shape index (κ3) is 3.34. The van der Waals surface area contributed by atoms with E-state index in [0.29, 0.717) is 36.1 Å². The molecule has 3 fully saturated rings. The highest BCUT2D eigenvalue weighted by atomic mass is 16.6. The van der Waals surface area contributed by atoms with Crippen LogP contribution in [0.4, 0.5) is 4.79 Å². The summed E-state index contributed by atoms with van der Waals surface area (Å²) >= 11 is 0. The molecule has 5 nitrogen and oxygen atoms in total. The molecule has 3 aliphatic carbocycles. The second kappa shape index (κ2) is 6.83. The van der Waals surface area contributed by atoms with Crippen molar-refractivity contribution in [3.63, 3.8) is 0 Å². The van der Waals surface area contributed by atoms with E-state index in [4.69, 9.17) is 4.74 Å².